The highest BCUT2D eigenvalue weighted by molar-refractivity contribution is 6.32. The van der Waals surface area contributed by atoms with Gasteiger partial charge in [0.1, 0.15) is 0 Å². The molecule has 4 nitrogen and oxygen atoms in total. The molecular weight excluding hydrogens is 236 g/mol. The second-order valence-corrected chi connectivity index (χ2v) is 4.57. The standard InChI is InChI=1S/C12H11ClN4/c1-6-3-7-4-8-11(14)16-17(2)12(8)15-10(7)5-9(6)13/h3-5H,1-2H3,(H2,14,16). The molecule has 0 aliphatic carbocycles. The van der Waals surface area contributed by atoms with Crippen molar-refractivity contribution < 1.29 is 0 Å². The number of pyridine rings is 1. The summed E-state index contributed by atoms with van der Waals surface area (Å²) >= 11 is 6.10. The molecule has 3 rings (SSSR count). The molecule has 0 atom stereocenters. The molecule has 2 aromatic heterocycles. The molecule has 0 aliphatic rings. The predicted octanol–water partition coefficient (Wildman–Crippen LogP) is 2.67. The average Bonchev–Trinajstić information content (AvgIpc) is 2.54. The summed E-state index contributed by atoms with van der Waals surface area (Å²) in [4.78, 5) is 4.54. The lowest BCUT2D eigenvalue weighted by Gasteiger charge is -2.02. The molecule has 0 bridgehead atoms. The van der Waals surface area contributed by atoms with E-state index in [2.05, 4.69) is 10.1 Å². The first-order valence-corrected chi connectivity index (χ1v) is 5.63. The van der Waals surface area contributed by atoms with E-state index in [4.69, 9.17) is 17.3 Å². The number of aromatic nitrogens is 3. The Morgan fingerprint density at radius 2 is 2.06 bits per heavy atom. The Morgan fingerprint density at radius 3 is 2.82 bits per heavy atom. The van der Waals surface area contributed by atoms with Gasteiger partial charge in [-0.1, -0.05) is 11.6 Å². The zero-order valence-corrected chi connectivity index (χ0v) is 10.3. The van der Waals surface area contributed by atoms with Gasteiger partial charge in [0.15, 0.2) is 11.5 Å². The quantitative estimate of drug-likeness (QED) is 0.664. The first-order valence-electron chi connectivity index (χ1n) is 5.25. The first kappa shape index (κ1) is 10.4. The molecule has 0 saturated heterocycles. The van der Waals surface area contributed by atoms with Crippen LogP contribution in [0.15, 0.2) is 18.2 Å². The third-order valence-corrected chi connectivity index (χ3v) is 3.32. The Morgan fingerprint density at radius 1 is 1.29 bits per heavy atom. The topological polar surface area (TPSA) is 56.7 Å². The highest BCUT2D eigenvalue weighted by Crippen LogP contribution is 2.27. The molecule has 0 unspecified atom stereocenters. The molecule has 3 aromatic rings. The minimum atomic E-state index is 0.504. The fourth-order valence-electron chi connectivity index (χ4n) is 2.00. The number of hydrogen-bond acceptors (Lipinski definition) is 3. The Kier molecular flexibility index (Phi) is 2.03. The summed E-state index contributed by atoms with van der Waals surface area (Å²) in [5, 5.41) is 6.78. The van der Waals surface area contributed by atoms with Gasteiger partial charge in [-0.15, -0.1) is 0 Å². The summed E-state index contributed by atoms with van der Waals surface area (Å²) < 4.78 is 1.68. The lowest BCUT2D eigenvalue weighted by molar-refractivity contribution is 0.792. The number of anilines is 1. The third kappa shape index (κ3) is 1.45. The van der Waals surface area contributed by atoms with E-state index in [-0.39, 0.29) is 0 Å². The highest BCUT2D eigenvalue weighted by Gasteiger charge is 2.09. The molecule has 86 valence electrons. The van der Waals surface area contributed by atoms with Crippen LogP contribution in [0.1, 0.15) is 5.56 Å². The molecule has 0 fully saturated rings. The van der Waals surface area contributed by atoms with Gasteiger partial charge >= 0.3 is 0 Å². The average molecular weight is 247 g/mol. The number of nitrogen functional groups attached to an aromatic ring is 1. The van der Waals surface area contributed by atoms with Crippen molar-refractivity contribution in [2.75, 3.05) is 5.73 Å². The number of nitrogens with two attached hydrogens (primary N) is 1. The summed E-state index contributed by atoms with van der Waals surface area (Å²) in [6.45, 7) is 1.97. The van der Waals surface area contributed by atoms with Crippen molar-refractivity contribution >= 4 is 39.4 Å². The van der Waals surface area contributed by atoms with Crippen LogP contribution in [0.2, 0.25) is 5.02 Å². The van der Waals surface area contributed by atoms with Crippen LogP contribution in [0, 0.1) is 6.92 Å². The summed E-state index contributed by atoms with van der Waals surface area (Å²) in [6.07, 6.45) is 0. The van der Waals surface area contributed by atoms with Gasteiger partial charge in [0.25, 0.3) is 0 Å². The molecule has 2 heterocycles. The maximum Gasteiger partial charge on any atom is 0.160 e. The van der Waals surface area contributed by atoms with Gasteiger partial charge in [-0.2, -0.15) is 5.10 Å². The van der Waals surface area contributed by atoms with Crippen LogP contribution in [-0.2, 0) is 7.05 Å². The largest absolute Gasteiger partial charge is 0.382 e. The minimum Gasteiger partial charge on any atom is -0.382 e. The molecule has 0 radical (unpaired) electrons. The molecule has 0 amide bonds. The van der Waals surface area contributed by atoms with Crippen molar-refractivity contribution in [3.63, 3.8) is 0 Å². The smallest absolute Gasteiger partial charge is 0.160 e. The van der Waals surface area contributed by atoms with E-state index in [9.17, 15) is 0 Å². The molecular formula is C12H11ClN4. The van der Waals surface area contributed by atoms with Crippen LogP contribution in [0.5, 0.6) is 0 Å². The molecule has 0 spiro atoms. The Balaban J connectivity index is 2.50. The van der Waals surface area contributed by atoms with Crippen molar-refractivity contribution in [1.29, 1.82) is 0 Å². The second kappa shape index (κ2) is 3.34. The maximum absolute atomic E-state index is 6.10. The van der Waals surface area contributed by atoms with Crippen molar-refractivity contribution in [2.24, 2.45) is 7.05 Å². The summed E-state index contributed by atoms with van der Waals surface area (Å²) in [5.74, 6) is 0.504. The monoisotopic (exact) mass is 246 g/mol. The summed E-state index contributed by atoms with van der Waals surface area (Å²) in [7, 11) is 1.83. The van der Waals surface area contributed by atoms with E-state index in [0.717, 1.165) is 32.5 Å². The van der Waals surface area contributed by atoms with Gasteiger partial charge in [0, 0.05) is 17.5 Å². The van der Waals surface area contributed by atoms with Gasteiger partial charge in [-0.3, -0.25) is 0 Å². The van der Waals surface area contributed by atoms with Gasteiger partial charge in [-0.05, 0) is 30.7 Å². The van der Waals surface area contributed by atoms with Crippen LogP contribution in [0.25, 0.3) is 21.9 Å². The van der Waals surface area contributed by atoms with E-state index in [0.29, 0.717) is 5.82 Å². The van der Waals surface area contributed by atoms with Crippen LogP contribution >= 0.6 is 11.6 Å². The lowest BCUT2D eigenvalue weighted by Crippen LogP contribution is -1.93. The van der Waals surface area contributed by atoms with E-state index in [1.54, 1.807) is 4.68 Å². The van der Waals surface area contributed by atoms with Gasteiger partial charge < -0.3 is 5.73 Å². The normalized spacial score (nSPS) is 11.5. The molecule has 2 N–H and O–H groups in total. The lowest BCUT2D eigenvalue weighted by atomic mass is 10.1. The molecule has 0 saturated carbocycles. The van der Waals surface area contributed by atoms with Crippen LogP contribution in [0.3, 0.4) is 0 Å². The van der Waals surface area contributed by atoms with E-state index >= 15 is 0 Å². The molecule has 1 aromatic carbocycles. The Hall–Kier alpha value is -1.81. The number of fused-ring (bicyclic) bond motifs is 2. The molecule has 5 heteroatoms. The maximum atomic E-state index is 6.10. The first-order chi connectivity index (χ1) is 8.06. The zero-order valence-electron chi connectivity index (χ0n) is 9.53. The Labute approximate surface area is 103 Å². The third-order valence-electron chi connectivity index (χ3n) is 2.92. The van der Waals surface area contributed by atoms with E-state index in [1.165, 1.54) is 0 Å². The Bertz CT molecular complexity index is 684. The molecule has 17 heavy (non-hydrogen) atoms. The number of rotatable bonds is 0. The van der Waals surface area contributed by atoms with E-state index < -0.39 is 0 Å². The molecule has 0 aliphatic heterocycles. The van der Waals surface area contributed by atoms with Gasteiger partial charge in [0.2, 0.25) is 0 Å². The minimum absolute atomic E-state index is 0.504. The van der Waals surface area contributed by atoms with E-state index in [1.807, 2.05) is 32.2 Å². The van der Waals surface area contributed by atoms with Crippen molar-refractivity contribution in [1.82, 2.24) is 14.8 Å². The van der Waals surface area contributed by atoms with Gasteiger partial charge in [-0.25, -0.2) is 9.67 Å². The van der Waals surface area contributed by atoms with Crippen LogP contribution in [0.4, 0.5) is 5.82 Å². The van der Waals surface area contributed by atoms with Crippen LogP contribution in [-0.4, -0.2) is 14.8 Å². The summed E-state index contributed by atoms with van der Waals surface area (Å²) in [6, 6.07) is 5.88. The highest BCUT2D eigenvalue weighted by atomic mass is 35.5. The van der Waals surface area contributed by atoms with Crippen molar-refractivity contribution in [2.45, 2.75) is 6.92 Å². The van der Waals surface area contributed by atoms with Crippen molar-refractivity contribution in [3.8, 4) is 0 Å². The van der Waals surface area contributed by atoms with Gasteiger partial charge in [0.05, 0.1) is 10.9 Å². The zero-order chi connectivity index (χ0) is 12.2. The number of benzene rings is 1. The van der Waals surface area contributed by atoms with Crippen LogP contribution < -0.4 is 5.73 Å². The number of halogens is 1. The SMILES string of the molecule is Cc1cc2cc3c(N)nn(C)c3nc2cc1Cl. The number of hydrogen-bond donors (Lipinski definition) is 1. The fraction of sp³-hybridized carbons (Fsp3) is 0.167. The van der Waals surface area contributed by atoms with Crippen molar-refractivity contribution in [3.05, 3.63) is 28.8 Å². The fourth-order valence-corrected chi connectivity index (χ4v) is 2.16. The number of nitrogens with zero attached hydrogens (tertiary/aromatic N) is 3. The predicted molar refractivity (Wildman–Crippen MR) is 70.2 cm³/mol. The second-order valence-electron chi connectivity index (χ2n) is 4.16. The summed E-state index contributed by atoms with van der Waals surface area (Å²) in [5.41, 5.74) is 8.50. The number of aryl methyl sites for hydroxylation is 2.